The molecule has 0 amide bonds. The molecule has 0 aliphatic carbocycles. The first-order chi connectivity index (χ1) is 17.3. The summed E-state index contributed by atoms with van der Waals surface area (Å²) in [5, 5.41) is 1.63. The summed E-state index contributed by atoms with van der Waals surface area (Å²) in [6.45, 7) is 3.25. The molecule has 3 aromatic carbocycles. The molecule has 0 radical (unpaired) electrons. The van der Waals surface area contributed by atoms with Crippen LogP contribution in [0.25, 0.3) is 0 Å². The second kappa shape index (κ2) is 9.78. The highest BCUT2D eigenvalue weighted by Gasteiger charge is 2.46. The number of halogens is 6. The second-order valence-corrected chi connectivity index (χ2v) is 12.3. The highest BCUT2D eigenvalue weighted by Crippen LogP contribution is 2.52. The molecule has 0 saturated carbocycles. The maximum absolute atomic E-state index is 13.9. The van der Waals surface area contributed by atoms with Gasteiger partial charge in [-0.1, -0.05) is 54.6 Å². The van der Waals surface area contributed by atoms with Crippen LogP contribution in [-0.4, -0.2) is 32.2 Å². The molecule has 2 atom stereocenters. The number of hydrogen-bond acceptors (Lipinski definition) is 3. The Labute approximate surface area is 211 Å². The molecule has 0 fully saturated rings. The van der Waals surface area contributed by atoms with Crippen molar-refractivity contribution in [1.29, 1.82) is 0 Å². The van der Waals surface area contributed by atoms with Gasteiger partial charge in [0.1, 0.15) is 5.91 Å². The van der Waals surface area contributed by atoms with Gasteiger partial charge in [0.15, 0.2) is 0 Å². The molecule has 4 nitrogen and oxygen atoms in total. The van der Waals surface area contributed by atoms with Gasteiger partial charge in [0.25, 0.3) is 0 Å². The Kier molecular flexibility index (Phi) is 7.18. The van der Waals surface area contributed by atoms with E-state index < -0.39 is 52.2 Å². The Hall–Kier alpha value is -2.88. The topological polar surface area (TPSA) is 40.6 Å². The summed E-state index contributed by atoms with van der Waals surface area (Å²) in [6.07, 6.45) is -9.12. The maximum atomic E-state index is 13.9. The van der Waals surface area contributed by atoms with Gasteiger partial charge in [-0.25, -0.2) is 8.42 Å². The first-order valence-corrected chi connectivity index (χ1v) is 13.7. The largest absolute Gasteiger partial charge is 0.416 e. The molecular weight excluding hydrogens is 537 g/mol. The van der Waals surface area contributed by atoms with Gasteiger partial charge >= 0.3 is 12.4 Å². The van der Waals surface area contributed by atoms with E-state index in [0.29, 0.717) is 5.69 Å². The van der Waals surface area contributed by atoms with Crippen molar-refractivity contribution in [2.45, 2.75) is 23.2 Å². The summed E-state index contributed by atoms with van der Waals surface area (Å²) >= 11 is 0. The van der Waals surface area contributed by atoms with E-state index in [9.17, 15) is 34.8 Å². The van der Waals surface area contributed by atoms with Gasteiger partial charge in [-0.15, -0.1) is 6.58 Å². The lowest BCUT2D eigenvalue weighted by Gasteiger charge is -2.36. The zero-order valence-electron chi connectivity index (χ0n) is 19.3. The van der Waals surface area contributed by atoms with Crippen molar-refractivity contribution in [3.63, 3.8) is 0 Å². The number of sulfonamides is 1. The summed E-state index contributed by atoms with van der Waals surface area (Å²) in [6, 6.07) is 16.6. The second-order valence-electron chi connectivity index (χ2n) is 8.26. The Morgan fingerprint density at radius 3 is 2.00 bits per heavy atom. The molecule has 4 rings (SSSR count). The molecule has 0 saturated heterocycles. The molecule has 0 N–H and O–H groups in total. The number of hydrogen-bond donors (Lipinski definition) is 0. The molecule has 3 aromatic rings. The van der Waals surface area contributed by atoms with Crippen LogP contribution < -0.4 is 15.5 Å². The minimum atomic E-state index is -5.19. The molecular formula is C25H21F6N2O2PS. The summed E-state index contributed by atoms with van der Waals surface area (Å²) < 4.78 is 110. The lowest BCUT2D eigenvalue weighted by Crippen LogP contribution is -2.47. The van der Waals surface area contributed by atoms with Crippen molar-refractivity contribution in [3.8, 4) is 0 Å². The van der Waals surface area contributed by atoms with Crippen LogP contribution in [0.3, 0.4) is 0 Å². The minimum absolute atomic E-state index is 0.0920. The molecule has 12 heteroatoms. The third-order valence-electron chi connectivity index (χ3n) is 5.87. The Morgan fingerprint density at radius 2 is 1.46 bits per heavy atom. The number of benzene rings is 3. The number of anilines is 1. The zero-order chi connectivity index (χ0) is 27.2. The van der Waals surface area contributed by atoms with Gasteiger partial charge in [0, 0.05) is 24.6 Å². The molecule has 37 heavy (non-hydrogen) atoms. The van der Waals surface area contributed by atoms with Crippen molar-refractivity contribution in [2.24, 2.45) is 0 Å². The van der Waals surface area contributed by atoms with E-state index in [2.05, 4.69) is 6.58 Å². The molecule has 1 aliphatic rings. The molecule has 0 bridgehead atoms. The zero-order valence-corrected chi connectivity index (χ0v) is 21.0. The summed E-state index contributed by atoms with van der Waals surface area (Å²) in [4.78, 5) is 0.594. The standard InChI is InChI=1S/C25H21F6N2O2PS/c1-3-13-33(37(34,35)20-15-17(24(26,27)28)14-18(16-20)25(29,30)31)23-32(2)21-11-7-8-12-22(21)36(23)19-9-5-4-6-10-19/h3-12,14-16,23H,1,13H2,2H3/t23-,36?/m0/s1. The average molecular weight is 558 g/mol. The van der Waals surface area contributed by atoms with Crippen molar-refractivity contribution < 1.29 is 34.8 Å². The average Bonchev–Trinajstić information content (AvgIpc) is 3.13. The molecule has 1 unspecified atom stereocenters. The van der Waals surface area contributed by atoms with E-state index in [1.54, 1.807) is 48.3 Å². The smallest absolute Gasteiger partial charge is 0.353 e. The lowest BCUT2D eigenvalue weighted by atomic mass is 10.1. The van der Waals surface area contributed by atoms with Crippen LogP contribution in [0.5, 0.6) is 0 Å². The minimum Gasteiger partial charge on any atom is -0.353 e. The molecule has 1 aliphatic heterocycles. The molecule has 196 valence electrons. The number of para-hydroxylation sites is 1. The van der Waals surface area contributed by atoms with Crippen LogP contribution in [0.15, 0.2) is 90.3 Å². The van der Waals surface area contributed by atoms with Gasteiger partial charge in [-0.05, 0) is 37.5 Å². The molecule has 0 aromatic heterocycles. The van der Waals surface area contributed by atoms with Crippen LogP contribution in [0.2, 0.25) is 0 Å². The monoisotopic (exact) mass is 558 g/mol. The third kappa shape index (κ3) is 5.12. The number of fused-ring (bicyclic) bond motifs is 1. The Bertz CT molecular complexity index is 1380. The van der Waals surface area contributed by atoms with Crippen LogP contribution in [0.4, 0.5) is 32.0 Å². The van der Waals surface area contributed by atoms with E-state index in [1.807, 2.05) is 18.2 Å². The third-order valence-corrected chi connectivity index (χ3v) is 10.7. The van der Waals surface area contributed by atoms with E-state index in [0.717, 1.165) is 14.9 Å². The van der Waals surface area contributed by atoms with Crippen molar-refractivity contribution >= 4 is 34.2 Å². The van der Waals surface area contributed by atoms with Crippen LogP contribution in [0.1, 0.15) is 11.1 Å². The normalized spacial score (nSPS) is 18.2. The highest BCUT2D eigenvalue weighted by molar-refractivity contribution is 7.90. The fourth-order valence-corrected chi connectivity index (χ4v) is 9.23. The van der Waals surface area contributed by atoms with Crippen LogP contribution >= 0.6 is 7.92 Å². The van der Waals surface area contributed by atoms with Gasteiger partial charge in [0.2, 0.25) is 10.0 Å². The molecule has 0 spiro atoms. The summed E-state index contributed by atoms with van der Waals surface area (Å²) in [7, 11) is -4.67. The SMILES string of the molecule is C=CCN([C@@H]1N(C)c2ccccc2P1c1ccccc1)S(=O)(=O)c1cc(C(F)(F)F)cc(C(F)(F)F)c1. The van der Waals surface area contributed by atoms with E-state index >= 15 is 0 Å². The lowest BCUT2D eigenvalue weighted by molar-refractivity contribution is -0.143. The van der Waals surface area contributed by atoms with Gasteiger partial charge in [-0.2, -0.15) is 30.6 Å². The fourth-order valence-electron chi connectivity index (χ4n) is 4.23. The summed E-state index contributed by atoms with van der Waals surface area (Å²) in [5.41, 5.74) is -2.69. The van der Waals surface area contributed by atoms with Gasteiger partial charge < -0.3 is 4.90 Å². The van der Waals surface area contributed by atoms with Crippen molar-refractivity contribution in [2.75, 3.05) is 18.5 Å². The van der Waals surface area contributed by atoms with E-state index in [-0.39, 0.29) is 24.7 Å². The Balaban J connectivity index is 1.93. The van der Waals surface area contributed by atoms with E-state index in [4.69, 9.17) is 0 Å². The maximum Gasteiger partial charge on any atom is 0.416 e. The first kappa shape index (κ1) is 27.2. The number of alkyl halides is 6. The predicted octanol–water partition coefficient (Wildman–Crippen LogP) is 5.77. The van der Waals surface area contributed by atoms with Gasteiger partial charge in [-0.3, -0.25) is 0 Å². The van der Waals surface area contributed by atoms with Crippen LogP contribution in [-0.2, 0) is 22.4 Å². The van der Waals surface area contributed by atoms with Gasteiger partial charge in [0.05, 0.1) is 16.0 Å². The highest BCUT2D eigenvalue weighted by atomic mass is 32.2. The van der Waals surface area contributed by atoms with Crippen LogP contribution in [0, 0.1) is 0 Å². The van der Waals surface area contributed by atoms with Crippen molar-refractivity contribution in [1.82, 2.24) is 4.31 Å². The number of rotatable bonds is 6. The summed E-state index contributed by atoms with van der Waals surface area (Å²) in [5.74, 6) is -0.929. The molecule has 1 heterocycles. The first-order valence-electron chi connectivity index (χ1n) is 10.8. The quantitative estimate of drug-likeness (QED) is 0.219. The van der Waals surface area contributed by atoms with Crippen molar-refractivity contribution in [3.05, 3.63) is 96.6 Å². The predicted molar refractivity (Wildman–Crippen MR) is 132 cm³/mol. The Morgan fingerprint density at radius 1 is 0.919 bits per heavy atom. The van der Waals surface area contributed by atoms with E-state index in [1.165, 1.54) is 6.08 Å². The fraction of sp³-hybridized carbons (Fsp3) is 0.200. The number of nitrogens with zero attached hydrogens (tertiary/aromatic N) is 2.